The highest BCUT2D eigenvalue weighted by Gasteiger charge is 2.25. The lowest BCUT2D eigenvalue weighted by atomic mass is 10.2. The smallest absolute Gasteiger partial charge is 0.289 e. The van der Waals surface area contributed by atoms with E-state index in [0.717, 1.165) is 5.69 Å². The summed E-state index contributed by atoms with van der Waals surface area (Å²) >= 11 is 9.34. The Morgan fingerprint density at radius 2 is 1.92 bits per heavy atom. The highest BCUT2D eigenvalue weighted by atomic mass is 79.9. The lowest BCUT2D eigenvalue weighted by Gasteiger charge is -2.36. The third-order valence-corrected chi connectivity index (χ3v) is 4.56. The van der Waals surface area contributed by atoms with Crippen LogP contribution in [0.3, 0.4) is 0 Å². The van der Waals surface area contributed by atoms with E-state index < -0.39 is 4.92 Å². The number of halogens is 2. The van der Waals surface area contributed by atoms with Crippen molar-refractivity contribution in [2.75, 3.05) is 31.1 Å². The zero-order chi connectivity index (χ0) is 17.3. The Balaban J connectivity index is 1.67. The molecule has 1 aromatic carbocycles. The van der Waals surface area contributed by atoms with Crippen LogP contribution in [-0.4, -0.2) is 41.9 Å². The van der Waals surface area contributed by atoms with Crippen LogP contribution in [0.2, 0.25) is 5.02 Å². The molecule has 7 nitrogen and oxygen atoms in total. The van der Waals surface area contributed by atoms with E-state index in [1.807, 2.05) is 4.90 Å². The van der Waals surface area contributed by atoms with Gasteiger partial charge in [-0.2, -0.15) is 0 Å². The molecule has 1 aromatic heterocycles. The molecule has 2 aromatic rings. The molecule has 0 atom stereocenters. The Kier molecular flexibility index (Phi) is 4.77. The zero-order valence-electron chi connectivity index (χ0n) is 12.4. The van der Waals surface area contributed by atoms with Gasteiger partial charge in [-0.3, -0.25) is 14.9 Å². The summed E-state index contributed by atoms with van der Waals surface area (Å²) in [6, 6.07) is 7.72. The molecule has 2 heterocycles. The first kappa shape index (κ1) is 16.8. The molecule has 0 saturated carbocycles. The van der Waals surface area contributed by atoms with E-state index in [0.29, 0.717) is 41.6 Å². The molecule has 0 spiro atoms. The molecule has 0 aliphatic carbocycles. The van der Waals surface area contributed by atoms with Crippen LogP contribution in [0.15, 0.2) is 39.4 Å². The molecule has 24 heavy (non-hydrogen) atoms. The summed E-state index contributed by atoms with van der Waals surface area (Å²) in [6.07, 6.45) is 0. The van der Waals surface area contributed by atoms with Crippen LogP contribution in [0, 0.1) is 10.1 Å². The number of amides is 1. The van der Waals surface area contributed by atoms with Gasteiger partial charge in [-0.25, -0.2) is 0 Å². The predicted octanol–water partition coefficient (Wildman–Crippen LogP) is 3.57. The number of nitrogens with zero attached hydrogens (tertiary/aromatic N) is 3. The number of rotatable bonds is 3. The topological polar surface area (TPSA) is 79.8 Å². The third kappa shape index (κ3) is 3.39. The summed E-state index contributed by atoms with van der Waals surface area (Å²) in [4.78, 5) is 26.3. The predicted molar refractivity (Wildman–Crippen MR) is 92.6 cm³/mol. The number of carbonyl (C=O) groups is 1. The fourth-order valence-electron chi connectivity index (χ4n) is 2.60. The van der Waals surface area contributed by atoms with Crippen molar-refractivity contribution in [3.8, 4) is 0 Å². The van der Waals surface area contributed by atoms with Crippen molar-refractivity contribution in [2.45, 2.75) is 0 Å². The Bertz CT molecular complexity index is 787. The van der Waals surface area contributed by atoms with Gasteiger partial charge in [0, 0.05) is 38.3 Å². The SMILES string of the molecule is O=C(c1ccc(Br)o1)N1CCN(c2ccc([N+](=O)[O-])cc2Cl)CC1. The van der Waals surface area contributed by atoms with Crippen LogP contribution in [0.25, 0.3) is 0 Å². The van der Waals surface area contributed by atoms with Crippen LogP contribution in [0.4, 0.5) is 11.4 Å². The first-order valence-corrected chi connectivity index (χ1v) is 8.36. The largest absolute Gasteiger partial charge is 0.444 e. The van der Waals surface area contributed by atoms with Crippen molar-refractivity contribution in [1.82, 2.24) is 4.90 Å². The fourth-order valence-corrected chi connectivity index (χ4v) is 3.20. The maximum atomic E-state index is 12.3. The molecule has 0 unspecified atom stereocenters. The molecule has 9 heteroatoms. The number of nitro benzene ring substituents is 1. The quantitative estimate of drug-likeness (QED) is 0.567. The van der Waals surface area contributed by atoms with E-state index >= 15 is 0 Å². The second kappa shape index (κ2) is 6.82. The number of carbonyl (C=O) groups excluding carboxylic acids is 1. The molecule has 1 fully saturated rings. The summed E-state index contributed by atoms with van der Waals surface area (Å²) in [5.74, 6) is 0.138. The Morgan fingerprint density at radius 1 is 1.21 bits per heavy atom. The Morgan fingerprint density at radius 3 is 2.46 bits per heavy atom. The van der Waals surface area contributed by atoms with Crippen molar-refractivity contribution in [3.63, 3.8) is 0 Å². The summed E-state index contributed by atoms with van der Waals surface area (Å²) < 4.78 is 5.81. The monoisotopic (exact) mass is 413 g/mol. The molecule has 0 N–H and O–H groups in total. The van der Waals surface area contributed by atoms with Gasteiger partial charge < -0.3 is 14.2 Å². The molecule has 0 bridgehead atoms. The van der Waals surface area contributed by atoms with Gasteiger partial charge >= 0.3 is 0 Å². The number of nitro groups is 1. The fraction of sp³-hybridized carbons (Fsp3) is 0.267. The van der Waals surface area contributed by atoms with Crippen molar-refractivity contribution >= 4 is 44.8 Å². The van der Waals surface area contributed by atoms with Gasteiger partial charge in [0.05, 0.1) is 15.6 Å². The standard InChI is InChI=1S/C15H13BrClN3O4/c16-14-4-3-13(24-14)15(21)19-7-5-18(6-8-19)12-2-1-10(20(22)23)9-11(12)17/h1-4,9H,5-8H2. The van der Waals surface area contributed by atoms with Crippen molar-refractivity contribution in [3.05, 3.63) is 55.9 Å². The lowest BCUT2D eigenvalue weighted by Crippen LogP contribution is -2.48. The number of furan rings is 1. The first-order chi connectivity index (χ1) is 11.5. The molecule has 3 rings (SSSR count). The number of non-ortho nitro benzene ring substituents is 1. The molecular weight excluding hydrogens is 402 g/mol. The van der Waals surface area contributed by atoms with Crippen LogP contribution in [-0.2, 0) is 0 Å². The maximum absolute atomic E-state index is 12.3. The molecule has 1 amide bonds. The van der Waals surface area contributed by atoms with Gasteiger partial charge in [-0.05, 0) is 34.1 Å². The molecule has 1 saturated heterocycles. The van der Waals surface area contributed by atoms with E-state index in [9.17, 15) is 14.9 Å². The minimum Gasteiger partial charge on any atom is -0.444 e. The second-order valence-corrected chi connectivity index (χ2v) is 6.46. The minimum atomic E-state index is -0.478. The highest BCUT2D eigenvalue weighted by molar-refractivity contribution is 9.10. The van der Waals surface area contributed by atoms with E-state index in [2.05, 4.69) is 15.9 Å². The second-order valence-electron chi connectivity index (χ2n) is 5.28. The van der Waals surface area contributed by atoms with Gasteiger partial charge in [-0.1, -0.05) is 11.6 Å². The van der Waals surface area contributed by atoms with Crippen LogP contribution in [0.5, 0.6) is 0 Å². The summed E-state index contributed by atoms with van der Waals surface area (Å²) in [5.41, 5.74) is 0.691. The van der Waals surface area contributed by atoms with Crippen molar-refractivity contribution in [2.24, 2.45) is 0 Å². The maximum Gasteiger partial charge on any atom is 0.289 e. The van der Waals surface area contributed by atoms with Crippen molar-refractivity contribution < 1.29 is 14.1 Å². The van der Waals surface area contributed by atoms with Crippen LogP contribution in [0.1, 0.15) is 10.6 Å². The normalized spacial score (nSPS) is 14.8. The molecule has 1 aliphatic heterocycles. The number of anilines is 1. The highest BCUT2D eigenvalue weighted by Crippen LogP contribution is 2.30. The molecule has 0 radical (unpaired) electrons. The average molecular weight is 415 g/mol. The number of benzene rings is 1. The van der Waals surface area contributed by atoms with Gasteiger partial charge in [-0.15, -0.1) is 0 Å². The van der Waals surface area contributed by atoms with Gasteiger partial charge in [0.25, 0.3) is 11.6 Å². The van der Waals surface area contributed by atoms with Crippen LogP contribution < -0.4 is 4.90 Å². The van der Waals surface area contributed by atoms with Crippen LogP contribution >= 0.6 is 27.5 Å². The first-order valence-electron chi connectivity index (χ1n) is 7.19. The summed E-state index contributed by atoms with van der Waals surface area (Å²) in [5, 5.41) is 11.1. The Hall–Kier alpha value is -2.06. The molecule has 126 valence electrons. The Labute approximate surface area is 151 Å². The number of hydrogen-bond donors (Lipinski definition) is 0. The van der Waals surface area contributed by atoms with E-state index in [1.54, 1.807) is 23.1 Å². The number of piperazine rings is 1. The van der Waals surface area contributed by atoms with E-state index in [-0.39, 0.29) is 11.6 Å². The van der Waals surface area contributed by atoms with Gasteiger partial charge in [0.2, 0.25) is 0 Å². The van der Waals surface area contributed by atoms with Gasteiger partial charge in [0.15, 0.2) is 10.4 Å². The average Bonchev–Trinajstić information content (AvgIpc) is 3.00. The number of hydrogen-bond acceptors (Lipinski definition) is 5. The van der Waals surface area contributed by atoms with Crippen molar-refractivity contribution in [1.29, 1.82) is 0 Å². The zero-order valence-corrected chi connectivity index (χ0v) is 14.8. The molecule has 1 aliphatic rings. The van der Waals surface area contributed by atoms with E-state index in [1.165, 1.54) is 12.1 Å². The van der Waals surface area contributed by atoms with E-state index in [4.69, 9.17) is 16.0 Å². The summed E-state index contributed by atoms with van der Waals surface area (Å²) in [6.45, 7) is 2.21. The minimum absolute atomic E-state index is 0.0408. The lowest BCUT2D eigenvalue weighted by molar-refractivity contribution is -0.384. The molecular formula is C15H13BrClN3O4. The van der Waals surface area contributed by atoms with Gasteiger partial charge in [0.1, 0.15) is 0 Å². The summed E-state index contributed by atoms with van der Waals surface area (Å²) in [7, 11) is 0. The third-order valence-electron chi connectivity index (χ3n) is 3.83.